The maximum absolute atomic E-state index is 13.2. The first-order chi connectivity index (χ1) is 16.6. The van der Waals surface area contributed by atoms with Gasteiger partial charge < -0.3 is 9.47 Å². The van der Waals surface area contributed by atoms with Crippen LogP contribution in [0, 0.1) is 0 Å². The Morgan fingerprint density at radius 2 is 1.12 bits per heavy atom. The predicted molar refractivity (Wildman–Crippen MR) is 124 cm³/mol. The number of ketones is 2. The highest BCUT2D eigenvalue weighted by atomic mass is 16.5. The van der Waals surface area contributed by atoms with Gasteiger partial charge in [-0.3, -0.25) is 19.6 Å². The summed E-state index contributed by atoms with van der Waals surface area (Å²) in [6.07, 6.45) is 1.00. The van der Waals surface area contributed by atoms with Gasteiger partial charge in [0.1, 0.15) is 22.9 Å². The lowest BCUT2D eigenvalue weighted by molar-refractivity contribution is 0.103. The number of hydrogen-bond donors (Lipinski definition) is 0. The zero-order valence-corrected chi connectivity index (χ0v) is 18.9. The highest BCUT2D eigenvalue weighted by Crippen LogP contribution is 2.16. The number of carbonyl (C=O) groups excluding carboxylic acids is 2. The highest BCUT2D eigenvalue weighted by molar-refractivity contribution is 6.25. The number of benzene rings is 2. The largest absolute Gasteiger partial charge is 0.497 e. The molecule has 0 saturated heterocycles. The first-order valence-electron chi connectivity index (χ1n) is 11.0. The van der Waals surface area contributed by atoms with Crippen LogP contribution in [0.3, 0.4) is 0 Å². The van der Waals surface area contributed by atoms with Crippen molar-refractivity contribution in [3.05, 3.63) is 81.1 Å². The van der Waals surface area contributed by atoms with Gasteiger partial charge in [-0.15, -0.1) is 10.2 Å². The molecule has 0 fully saturated rings. The first kappa shape index (κ1) is 21.6. The van der Waals surface area contributed by atoms with E-state index in [-0.39, 0.29) is 23.0 Å². The van der Waals surface area contributed by atoms with Crippen LogP contribution in [0.1, 0.15) is 33.8 Å². The molecule has 0 radical (unpaired) electrons. The van der Waals surface area contributed by atoms with Crippen LogP contribution in [0.15, 0.2) is 58.5 Å². The number of methoxy groups -OCH3 is 2. The molecule has 5 rings (SSSR count). The van der Waals surface area contributed by atoms with E-state index >= 15 is 0 Å². The van der Waals surface area contributed by atoms with E-state index in [2.05, 4.69) is 20.2 Å². The zero-order valence-electron chi connectivity index (χ0n) is 18.9. The van der Waals surface area contributed by atoms with Crippen LogP contribution in [0.5, 0.6) is 11.5 Å². The Morgan fingerprint density at radius 3 is 1.50 bits per heavy atom. The summed E-state index contributed by atoms with van der Waals surface area (Å²) < 4.78 is 10.6. The number of hydrogen-bond acceptors (Lipinski definition) is 8. The zero-order chi connectivity index (χ0) is 23.7. The number of fused-ring (bicyclic) bond motifs is 2. The summed E-state index contributed by atoms with van der Waals surface area (Å²) in [5.74, 6) is 0.855. The maximum Gasteiger partial charge on any atom is 0.209 e. The number of ether oxygens (including phenoxy) is 2. The lowest BCUT2D eigenvalue weighted by atomic mass is 9.98. The van der Waals surface area contributed by atoms with Crippen molar-refractivity contribution in [2.75, 3.05) is 27.3 Å². The smallest absolute Gasteiger partial charge is 0.209 e. The second-order valence-electron chi connectivity index (χ2n) is 7.95. The number of nitrogens with zero attached hydrogens (tertiary/aromatic N) is 4. The summed E-state index contributed by atoms with van der Waals surface area (Å²) in [7, 11) is 3.16. The minimum atomic E-state index is -0.227. The van der Waals surface area contributed by atoms with Crippen LogP contribution in [-0.4, -0.2) is 49.1 Å². The molecular formula is C26H22N4O4. The predicted octanol–water partition coefficient (Wildman–Crippen LogP) is 0.608. The van der Waals surface area contributed by atoms with Crippen molar-refractivity contribution in [1.29, 1.82) is 0 Å². The van der Waals surface area contributed by atoms with Crippen molar-refractivity contribution in [2.45, 2.75) is 12.8 Å². The van der Waals surface area contributed by atoms with Crippen molar-refractivity contribution in [3.63, 3.8) is 0 Å². The summed E-state index contributed by atoms with van der Waals surface area (Å²) in [6.45, 7) is 1.05. The third-order valence-electron chi connectivity index (χ3n) is 6.02. The summed E-state index contributed by atoms with van der Waals surface area (Å²) in [4.78, 5) is 35.5. The summed E-state index contributed by atoms with van der Waals surface area (Å²) in [5.41, 5.74) is 1.60. The van der Waals surface area contributed by atoms with E-state index in [1.165, 1.54) is 0 Å². The normalized spacial score (nSPS) is 14.3. The Hall–Kier alpha value is -4.20. The topological polar surface area (TPSA) is 103 Å². The first-order valence-corrected chi connectivity index (χ1v) is 11.0. The molecule has 0 atom stereocenters. The minimum Gasteiger partial charge on any atom is -0.497 e. The number of rotatable bonds is 6. The van der Waals surface area contributed by atoms with Crippen molar-refractivity contribution in [1.82, 2.24) is 10.2 Å². The van der Waals surface area contributed by atoms with Gasteiger partial charge in [0, 0.05) is 34.7 Å². The molecule has 3 aromatic rings. The molecule has 170 valence electrons. The summed E-state index contributed by atoms with van der Waals surface area (Å²) in [5, 5.41) is 11.2. The van der Waals surface area contributed by atoms with Crippen molar-refractivity contribution < 1.29 is 19.1 Å². The SMILES string of the molecule is COc1ccc2c(c1)=C(C(=O)c1ccc(C(=O)C3=c4cc(OC)ccc4=NCC3)nn1)CCN=2. The lowest BCUT2D eigenvalue weighted by Gasteiger charge is -2.12. The van der Waals surface area contributed by atoms with Crippen LogP contribution < -0.4 is 30.6 Å². The molecule has 0 N–H and O–H groups in total. The third-order valence-corrected chi connectivity index (χ3v) is 6.02. The second-order valence-corrected chi connectivity index (χ2v) is 7.95. The molecule has 2 aliphatic rings. The van der Waals surface area contributed by atoms with E-state index in [1.807, 2.05) is 36.4 Å². The van der Waals surface area contributed by atoms with Gasteiger partial charge in [0.05, 0.1) is 24.9 Å². The molecule has 0 saturated carbocycles. The molecule has 2 aliphatic heterocycles. The molecular weight excluding hydrogens is 432 g/mol. The van der Waals surface area contributed by atoms with Crippen LogP contribution in [0.4, 0.5) is 0 Å². The van der Waals surface area contributed by atoms with E-state index in [1.54, 1.807) is 26.4 Å². The van der Waals surface area contributed by atoms with E-state index < -0.39 is 0 Å². The van der Waals surface area contributed by atoms with Crippen molar-refractivity contribution >= 4 is 22.7 Å². The van der Waals surface area contributed by atoms with Gasteiger partial charge in [-0.1, -0.05) is 0 Å². The number of aromatic nitrogens is 2. The number of carbonyl (C=O) groups is 2. The fourth-order valence-corrected chi connectivity index (χ4v) is 4.24. The molecule has 1 aromatic heterocycles. The lowest BCUT2D eigenvalue weighted by Crippen LogP contribution is -2.34. The van der Waals surface area contributed by atoms with Crippen LogP contribution in [0.25, 0.3) is 11.1 Å². The van der Waals surface area contributed by atoms with Gasteiger partial charge in [0.2, 0.25) is 11.6 Å². The fraction of sp³-hybridized carbons (Fsp3) is 0.231. The van der Waals surface area contributed by atoms with E-state index in [4.69, 9.17) is 9.47 Å². The average molecular weight is 454 g/mol. The average Bonchev–Trinajstić information content (AvgIpc) is 2.91. The number of Topliss-reactive ketones (excluding diaryl/α,β-unsaturated/α-hetero) is 2. The molecule has 0 bridgehead atoms. The van der Waals surface area contributed by atoms with Gasteiger partial charge in [-0.2, -0.15) is 0 Å². The van der Waals surface area contributed by atoms with E-state index in [0.717, 1.165) is 21.2 Å². The fourth-order valence-electron chi connectivity index (χ4n) is 4.24. The van der Waals surface area contributed by atoms with Gasteiger partial charge >= 0.3 is 0 Å². The highest BCUT2D eigenvalue weighted by Gasteiger charge is 2.21. The molecule has 8 nitrogen and oxygen atoms in total. The van der Waals surface area contributed by atoms with Crippen LogP contribution in [-0.2, 0) is 0 Å². The maximum atomic E-state index is 13.2. The Morgan fingerprint density at radius 1 is 0.676 bits per heavy atom. The molecule has 3 heterocycles. The van der Waals surface area contributed by atoms with Gasteiger partial charge in [-0.25, -0.2) is 0 Å². The van der Waals surface area contributed by atoms with Gasteiger partial charge in [0.15, 0.2) is 0 Å². The van der Waals surface area contributed by atoms with E-state index in [0.29, 0.717) is 48.6 Å². The monoisotopic (exact) mass is 454 g/mol. The Kier molecular flexibility index (Phi) is 5.71. The van der Waals surface area contributed by atoms with Gasteiger partial charge in [0.25, 0.3) is 0 Å². The third kappa shape index (κ3) is 3.87. The Bertz CT molecular complexity index is 1440. The quantitative estimate of drug-likeness (QED) is 0.506. The molecule has 0 aliphatic carbocycles. The van der Waals surface area contributed by atoms with E-state index in [9.17, 15) is 9.59 Å². The van der Waals surface area contributed by atoms with Crippen LogP contribution >= 0.6 is 0 Å². The summed E-state index contributed by atoms with van der Waals surface area (Å²) in [6, 6.07) is 14.1. The standard InChI is InChI=1S/C26H22N4O4/c1-33-15-3-5-21-19(13-15)17(9-11-27-21)25(31)23-7-8-24(30-29-23)26(32)18-10-12-28-22-6-4-16(34-2)14-20(18)22/h3-8,13-14H,9-12H2,1-2H3. The molecule has 0 amide bonds. The Labute approximate surface area is 195 Å². The van der Waals surface area contributed by atoms with Crippen LogP contribution in [0.2, 0.25) is 0 Å². The van der Waals surface area contributed by atoms with Crippen molar-refractivity contribution in [3.8, 4) is 11.5 Å². The molecule has 0 unspecified atom stereocenters. The minimum absolute atomic E-state index is 0.188. The second kappa shape index (κ2) is 8.97. The summed E-state index contributed by atoms with van der Waals surface area (Å²) >= 11 is 0. The molecule has 2 aromatic carbocycles. The molecule has 8 heteroatoms. The molecule has 34 heavy (non-hydrogen) atoms. The van der Waals surface area contributed by atoms with Gasteiger partial charge in [-0.05, 0) is 61.4 Å². The Balaban J connectivity index is 1.51. The molecule has 0 spiro atoms. The van der Waals surface area contributed by atoms with Crippen molar-refractivity contribution in [2.24, 2.45) is 9.98 Å².